The summed E-state index contributed by atoms with van der Waals surface area (Å²) in [7, 11) is 0. The number of aryl methyl sites for hydroxylation is 1. The van der Waals surface area contributed by atoms with Crippen molar-refractivity contribution in [1.29, 1.82) is 0 Å². The molecule has 13 heavy (non-hydrogen) atoms. The maximum atomic E-state index is 5.85. The second kappa shape index (κ2) is 3.08. The Hall–Kier alpha value is -0.380. The van der Waals surface area contributed by atoms with E-state index in [-0.39, 0.29) is 5.72 Å². The van der Waals surface area contributed by atoms with Crippen molar-refractivity contribution in [2.24, 2.45) is 0 Å². The van der Waals surface area contributed by atoms with Crippen molar-refractivity contribution in [3.63, 3.8) is 0 Å². The summed E-state index contributed by atoms with van der Waals surface area (Å²) in [6.45, 7) is 7.25. The van der Waals surface area contributed by atoms with E-state index in [2.05, 4.69) is 38.2 Å². The molecule has 1 aliphatic heterocycles. The molecule has 2 nitrogen and oxygen atoms in total. The lowest BCUT2D eigenvalue weighted by atomic mass is 10.2. The van der Waals surface area contributed by atoms with Gasteiger partial charge in [-0.15, -0.1) is 11.3 Å². The van der Waals surface area contributed by atoms with Crippen molar-refractivity contribution < 1.29 is 4.74 Å². The van der Waals surface area contributed by atoms with Crippen LogP contribution in [0.2, 0.25) is 0 Å². The minimum atomic E-state index is -0.252. The van der Waals surface area contributed by atoms with Crippen molar-refractivity contribution in [2.75, 3.05) is 6.54 Å². The van der Waals surface area contributed by atoms with Gasteiger partial charge in [-0.25, -0.2) is 0 Å². The molecule has 1 N–H and O–H groups in total. The van der Waals surface area contributed by atoms with E-state index >= 15 is 0 Å². The fourth-order valence-electron chi connectivity index (χ4n) is 1.66. The van der Waals surface area contributed by atoms with Crippen LogP contribution >= 0.6 is 11.3 Å². The summed E-state index contributed by atoms with van der Waals surface area (Å²) in [5.41, 5.74) is -0.252. The van der Waals surface area contributed by atoms with Gasteiger partial charge in [-0.2, -0.15) is 0 Å². The zero-order valence-electron chi connectivity index (χ0n) is 8.26. The maximum absolute atomic E-state index is 5.85. The largest absolute Gasteiger partial charge is 0.352 e. The SMILES string of the molecule is Cc1ccc(C2(C)NCC(C)O2)s1. The number of hydrogen-bond donors (Lipinski definition) is 1. The third-order valence-electron chi connectivity index (χ3n) is 2.37. The highest BCUT2D eigenvalue weighted by molar-refractivity contribution is 7.12. The normalized spacial score (nSPS) is 33.9. The lowest BCUT2D eigenvalue weighted by Crippen LogP contribution is -2.33. The molecular weight excluding hydrogens is 182 g/mol. The highest BCUT2D eigenvalue weighted by Gasteiger charge is 2.35. The molecule has 1 saturated heterocycles. The topological polar surface area (TPSA) is 21.3 Å². The zero-order chi connectivity index (χ0) is 9.47. The summed E-state index contributed by atoms with van der Waals surface area (Å²) in [6, 6.07) is 4.28. The first-order chi connectivity index (χ1) is 6.10. The van der Waals surface area contributed by atoms with Gasteiger partial charge in [0.05, 0.1) is 11.0 Å². The standard InChI is InChI=1S/C10H15NOS/c1-7-6-11-10(3,12-7)9-5-4-8(2)13-9/h4-5,7,11H,6H2,1-3H3. The number of thiophene rings is 1. The van der Waals surface area contributed by atoms with Gasteiger partial charge in [0.15, 0.2) is 5.72 Å². The Balaban J connectivity index is 2.25. The van der Waals surface area contributed by atoms with Crippen LogP contribution in [0.15, 0.2) is 12.1 Å². The first-order valence-corrected chi connectivity index (χ1v) is 5.41. The van der Waals surface area contributed by atoms with Crippen LogP contribution in [0, 0.1) is 6.92 Å². The van der Waals surface area contributed by atoms with E-state index in [0.29, 0.717) is 6.10 Å². The number of ether oxygens (including phenoxy) is 1. The Morgan fingerprint density at radius 2 is 2.38 bits per heavy atom. The number of hydrogen-bond acceptors (Lipinski definition) is 3. The van der Waals surface area contributed by atoms with Gasteiger partial charge in [-0.3, -0.25) is 5.32 Å². The molecule has 1 aromatic heterocycles. The minimum absolute atomic E-state index is 0.252. The molecule has 0 spiro atoms. The van der Waals surface area contributed by atoms with Gasteiger partial charge >= 0.3 is 0 Å². The quantitative estimate of drug-likeness (QED) is 0.745. The molecule has 2 atom stereocenters. The van der Waals surface area contributed by atoms with Crippen LogP contribution in [0.1, 0.15) is 23.6 Å². The summed E-state index contributed by atoms with van der Waals surface area (Å²) < 4.78 is 5.85. The summed E-state index contributed by atoms with van der Waals surface area (Å²) in [5, 5.41) is 3.40. The summed E-state index contributed by atoms with van der Waals surface area (Å²) in [4.78, 5) is 2.61. The fourth-order valence-corrected chi connectivity index (χ4v) is 2.59. The monoisotopic (exact) mass is 197 g/mol. The van der Waals surface area contributed by atoms with Gasteiger partial charge in [0, 0.05) is 11.4 Å². The molecule has 0 amide bonds. The lowest BCUT2D eigenvalue weighted by Gasteiger charge is -2.22. The molecule has 0 radical (unpaired) electrons. The molecule has 2 rings (SSSR count). The maximum Gasteiger partial charge on any atom is 0.152 e. The van der Waals surface area contributed by atoms with Crippen LogP contribution in [-0.2, 0) is 10.5 Å². The van der Waals surface area contributed by atoms with E-state index in [0.717, 1.165) is 6.54 Å². The van der Waals surface area contributed by atoms with Gasteiger partial charge in [0.2, 0.25) is 0 Å². The average Bonchev–Trinajstić information content (AvgIpc) is 2.60. The molecule has 0 aliphatic carbocycles. The number of rotatable bonds is 1. The van der Waals surface area contributed by atoms with Crippen molar-refractivity contribution in [2.45, 2.75) is 32.6 Å². The highest BCUT2D eigenvalue weighted by atomic mass is 32.1. The Kier molecular flexibility index (Phi) is 2.18. The third kappa shape index (κ3) is 1.64. The fraction of sp³-hybridized carbons (Fsp3) is 0.600. The minimum Gasteiger partial charge on any atom is -0.352 e. The van der Waals surface area contributed by atoms with Gasteiger partial charge in [-0.05, 0) is 32.9 Å². The lowest BCUT2D eigenvalue weighted by molar-refractivity contribution is -0.0316. The highest BCUT2D eigenvalue weighted by Crippen LogP contribution is 2.32. The molecule has 2 unspecified atom stereocenters. The second-order valence-corrected chi connectivity index (χ2v) is 5.04. The molecule has 2 heterocycles. The van der Waals surface area contributed by atoms with Crippen LogP contribution in [0.25, 0.3) is 0 Å². The predicted molar refractivity (Wildman–Crippen MR) is 55.0 cm³/mol. The van der Waals surface area contributed by atoms with E-state index in [1.807, 2.05) is 0 Å². The molecule has 0 bridgehead atoms. The number of nitrogens with one attached hydrogen (secondary N) is 1. The van der Waals surface area contributed by atoms with Gasteiger partial charge < -0.3 is 4.74 Å². The Labute approximate surface area is 82.9 Å². The Morgan fingerprint density at radius 3 is 2.85 bits per heavy atom. The van der Waals surface area contributed by atoms with Crippen LogP contribution in [0.3, 0.4) is 0 Å². The van der Waals surface area contributed by atoms with Crippen LogP contribution in [0.5, 0.6) is 0 Å². The van der Waals surface area contributed by atoms with Crippen LogP contribution < -0.4 is 5.32 Å². The van der Waals surface area contributed by atoms with Crippen molar-refractivity contribution in [3.05, 3.63) is 21.9 Å². The van der Waals surface area contributed by atoms with Crippen LogP contribution in [0.4, 0.5) is 0 Å². The van der Waals surface area contributed by atoms with E-state index in [9.17, 15) is 0 Å². The average molecular weight is 197 g/mol. The predicted octanol–water partition coefficient (Wildman–Crippen LogP) is 2.24. The van der Waals surface area contributed by atoms with Crippen molar-refractivity contribution in [3.8, 4) is 0 Å². The second-order valence-electron chi connectivity index (χ2n) is 3.75. The summed E-state index contributed by atoms with van der Waals surface area (Å²) in [6.07, 6.45) is 0.312. The van der Waals surface area contributed by atoms with E-state index in [1.54, 1.807) is 11.3 Å². The molecular formula is C10H15NOS. The molecule has 1 aromatic rings. The molecule has 0 saturated carbocycles. The van der Waals surface area contributed by atoms with Crippen LogP contribution in [-0.4, -0.2) is 12.6 Å². The van der Waals surface area contributed by atoms with E-state index in [1.165, 1.54) is 9.75 Å². The smallest absolute Gasteiger partial charge is 0.152 e. The van der Waals surface area contributed by atoms with Gasteiger partial charge in [0.25, 0.3) is 0 Å². The first kappa shape index (κ1) is 9.19. The third-order valence-corrected chi connectivity index (χ3v) is 3.58. The van der Waals surface area contributed by atoms with Crippen molar-refractivity contribution >= 4 is 11.3 Å². The van der Waals surface area contributed by atoms with Gasteiger partial charge in [0.1, 0.15) is 0 Å². The van der Waals surface area contributed by atoms with E-state index in [4.69, 9.17) is 4.74 Å². The Morgan fingerprint density at radius 1 is 1.62 bits per heavy atom. The molecule has 1 fully saturated rings. The first-order valence-electron chi connectivity index (χ1n) is 4.60. The molecule has 3 heteroatoms. The van der Waals surface area contributed by atoms with E-state index < -0.39 is 0 Å². The summed E-state index contributed by atoms with van der Waals surface area (Å²) >= 11 is 1.80. The van der Waals surface area contributed by atoms with Crippen molar-refractivity contribution in [1.82, 2.24) is 5.32 Å². The molecule has 0 aromatic carbocycles. The molecule has 72 valence electrons. The zero-order valence-corrected chi connectivity index (χ0v) is 9.07. The Bertz CT molecular complexity index is 310. The van der Waals surface area contributed by atoms with Gasteiger partial charge in [-0.1, -0.05) is 0 Å². The molecule has 1 aliphatic rings. The summed E-state index contributed by atoms with van der Waals surface area (Å²) in [5.74, 6) is 0.